The van der Waals surface area contributed by atoms with E-state index in [1.54, 1.807) is 0 Å². The molecule has 0 radical (unpaired) electrons. The highest BCUT2D eigenvalue weighted by molar-refractivity contribution is 4.91. The van der Waals surface area contributed by atoms with E-state index in [1.165, 1.54) is 0 Å². The number of hydroxylamine groups is 1. The van der Waals surface area contributed by atoms with E-state index in [0.717, 1.165) is 0 Å². The molecule has 1 aliphatic heterocycles. The third-order valence-electron chi connectivity index (χ3n) is 1.19. The lowest BCUT2D eigenvalue weighted by Gasteiger charge is -2.13. The molecule has 0 unspecified atom stereocenters. The van der Waals surface area contributed by atoms with E-state index in [-0.39, 0.29) is 6.10 Å². The number of nitrogens with two attached hydrogens (primary N) is 1. The highest BCUT2D eigenvalue weighted by Gasteiger charge is 2.09. The molecule has 2 heteroatoms. The van der Waals surface area contributed by atoms with Crippen molar-refractivity contribution >= 4 is 0 Å². The minimum atomic E-state index is 0.284. The third kappa shape index (κ3) is 1.32. The molecule has 0 aromatic rings. The lowest BCUT2D eigenvalue weighted by atomic mass is 10.2. The molecular weight excluding hydrogens is 102 g/mol. The normalized spacial score (nSPS) is 37.8. The van der Waals surface area contributed by atoms with Crippen molar-refractivity contribution in [3.8, 4) is 0 Å². The highest BCUT2D eigenvalue weighted by atomic mass is 16.7. The zero-order valence-corrected chi connectivity index (χ0v) is 5.29. The van der Waals surface area contributed by atoms with Gasteiger partial charge in [-0.2, -0.15) is 10.3 Å². The average molecular weight is 114 g/mol. The Bertz CT molecular complexity index is 88.7. The predicted molar refractivity (Wildman–Crippen MR) is 31.1 cm³/mol. The van der Waals surface area contributed by atoms with Gasteiger partial charge < -0.3 is 0 Å². The summed E-state index contributed by atoms with van der Waals surface area (Å²) in [5.41, 5.74) is 1.87. The summed E-state index contributed by atoms with van der Waals surface area (Å²) < 4.78 is 0. The van der Waals surface area contributed by atoms with E-state index >= 15 is 0 Å². The van der Waals surface area contributed by atoms with Crippen LogP contribution in [0.2, 0.25) is 0 Å². The van der Waals surface area contributed by atoms with Crippen LogP contribution in [-0.4, -0.2) is 12.1 Å². The SMILES string of the molecule is C[C@@H]1C=C[C@H](C)[NH2+]O1. The number of rotatable bonds is 0. The van der Waals surface area contributed by atoms with Gasteiger partial charge >= 0.3 is 0 Å². The first-order chi connectivity index (χ1) is 3.79. The first-order valence-electron chi connectivity index (χ1n) is 2.96. The van der Waals surface area contributed by atoms with Crippen LogP contribution in [0.3, 0.4) is 0 Å². The summed E-state index contributed by atoms with van der Waals surface area (Å²) in [5.74, 6) is 0. The standard InChI is InChI=1S/C6H11NO/c1-5-3-4-6(2)8-7-5/h3-7H,1-2H3/p+1/t5-,6+/m0/s1. The molecule has 2 nitrogen and oxygen atoms in total. The van der Waals surface area contributed by atoms with Crippen molar-refractivity contribution in [3.63, 3.8) is 0 Å². The van der Waals surface area contributed by atoms with Crippen LogP contribution in [0, 0.1) is 0 Å². The van der Waals surface area contributed by atoms with Gasteiger partial charge in [-0.3, -0.25) is 0 Å². The van der Waals surface area contributed by atoms with Gasteiger partial charge in [-0.25, -0.2) is 0 Å². The molecule has 1 heterocycles. The lowest BCUT2D eigenvalue weighted by molar-refractivity contribution is -0.918. The summed E-state index contributed by atoms with van der Waals surface area (Å²) in [5, 5.41) is 0. The molecule has 0 aliphatic carbocycles. The van der Waals surface area contributed by atoms with Gasteiger partial charge in [0, 0.05) is 0 Å². The van der Waals surface area contributed by atoms with Crippen LogP contribution < -0.4 is 5.48 Å². The Hall–Kier alpha value is -0.340. The summed E-state index contributed by atoms with van der Waals surface area (Å²) in [7, 11) is 0. The Morgan fingerprint density at radius 2 is 2.12 bits per heavy atom. The summed E-state index contributed by atoms with van der Waals surface area (Å²) in [6.07, 6.45) is 4.50. The van der Waals surface area contributed by atoms with Crippen molar-refractivity contribution in [1.82, 2.24) is 0 Å². The molecular formula is C6H12NO+. The van der Waals surface area contributed by atoms with Crippen LogP contribution in [0.4, 0.5) is 0 Å². The molecule has 46 valence electrons. The van der Waals surface area contributed by atoms with E-state index in [0.29, 0.717) is 6.04 Å². The molecule has 8 heavy (non-hydrogen) atoms. The zero-order chi connectivity index (χ0) is 5.98. The first-order valence-corrected chi connectivity index (χ1v) is 2.96. The van der Waals surface area contributed by atoms with E-state index in [1.807, 2.05) is 12.4 Å². The van der Waals surface area contributed by atoms with Crippen molar-refractivity contribution < 1.29 is 10.3 Å². The fraction of sp³-hybridized carbons (Fsp3) is 0.667. The Morgan fingerprint density at radius 1 is 1.38 bits per heavy atom. The second-order valence-corrected chi connectivity index (χ2v) is 2.22. The number of hydrogen-bond donors (Lipinski definition) is 1. The molecule has 0 amide bonds. The second kappa shape index (κ2) is 2.29. The molecule has 0 spiro atoms. The van der Waals surface area contributed by atoms with Gasteiger partial charge in [0.05, 0.1) is 0 Å². The van der Waals surface area contributed by atoms with E-state index in [4.69, 9.17) is 4.84 Å². The Morgan fingerprint density at radius 3 is 2.50 bits per heavy atom. The van der Waals surface area contributed by atoms with E-state index in [2.05, 4.69) is 19.1 Å². The van der Waals surface area contributed by atoms with Crippen LogP contribution in [0.15, 0.2) is 12.2 Å². The Kier molecular flexibility index (Phi) is 1.65. The van der Waals surface area contributed by atoms with Crippen LogP contribution >= 0.6 is 0 Å². The molecule has 0 fully saturated rings. The second-order valence-electron chi connectivity index (χ2n) is 2.22. The topological polar surface area (TPSA) is 25.8 Å². The minimum absolute atomic E-state index is 0.284. The molecule has 0 aromatic heterocycles. The van der Waals surface area contributed by atoms with Gasteiger partial charge in [0.25, 0.3) is 0 Å². The van der Waals surface area contributed by atoms with Crippen LogP contribution in [-0.2, 0) is 4.84 Å². The molecule has 1 aliphatic rings. The third-order valence-corrected chi connectivity index (χ3v) is 1.19. The number of hydrogen-bond acceptors (Lipinski definition) is 1. The van der Waals surface area contributed by atoms with Crippen LogP contribution in [0.5, 0.6) is 0 Å². The fourth-order valence-corrected chi connectivity index (χ4v) is 0.670. The van der Waals surface area contributed by atoms with Gasteiger partial charge in [0.2, 0.25) is 0 Å². The maximum Gasteiger partial charge on any atom is 0.132 e. The van der Waals surface area contributed by atoms with Gasteiger partial charge in [0.15, 0.2) is 0 Å². The summed E-state index contributed by atoms with van der Waals surface area (Å²) >= 11 is 0. The Labute approximate surface area is 49.5 Å². The van der Waals surface area contributed by atoms with Gasteiger partial charge in [-0.1, -0.05) is 0 Å². The van der Waals surface area contributed by atoms with Crippen molar-refractivity contribution in [2.75, 3.05) is 0 Å². The molecule has 2 N–H and O–H groups in total. The van der Waals surface area contributed by atoms with Crippen LogP contribution in [0.25, 0.3) is 0 Å². The largest absolute Gasteiger partial charge is 0.199 e. The molecule has 2 atom stereocenters. The van der Waals surface area contributed by atoms with E-state index < -0.39 is 0 Å². The Balaban J connectivity index is 2.42. The van der Waals surface area contributed by atoms with Gasteiger partial charge in [-0.05, 0) is 26.0 Å². The van der Waals surface area contributed by atoms with Crippen molar-refractivity contribution in [3.05, 3.63) is 12.2 Å². The predicted octanol–water partition coefficient (Wildman–Crippen LogP) is -0.172. The van der Waals surface area contributed by atoms with E-state index in [9.17, 15) is 0 Å². The van der Waals surface area contributed by atoms with Gasteiger partial charge in [0.1, 0.15) is 12.1 Å². The average Bonchev–Trinajstić information content (AvgIpc) is 1.77. The maximum absolute atomic E-state index is 5.18. The first kappa shape index (κ1) is 5.79. The van der Waals surface area contributed by atoms with Crippen molar-refractivity contribution in [2.24, 2.45) is 0 Å². The molecule has 0 saturated carbocycles. The molecule has 1 rings (SSSR count). The smallest absolute Gasteiger partial charge is 0.132 e. The summed E-state index contributed by atoms with van der Waals surface area (Å²) in [6, 6.07) is 0.492. The fourth-order valence-electron chi connectivity index (χ4n) is 0.670. The minimum Gasteiger partial charge on any atom is -0.199 e. The molecule has 0 saturated heterocycles. The summed E-state index contributed by atoms with van der Waals surface area (Å²) in [4.78, 5) is 5.18. The van der Waals surface area contributed by atoms with Crippen molar-refractivity contribution in [1.29, 1.82) is 0 Å². The summed E-state index contributed by atoms with van der Waals surface area (Å²) in [6.45, 7) is 4.13. The van der Waals surface area contributed by atoms with Crippen LogP contribution in [0.1, 0.15) is 13.8 Å². The quantitative estimate of drug-likeness (QED) is 0.435. The molecule has 0 aromatic carbocycles. The maximum atomic E-state index is 5.18. The van der Waals surface area contributed by atoms with Gasteiger partial charge in [-0.15, -0.1) is 0 Å². The monoisotopic (exact) mass is 114 g/mol. The molecule has 0 bridgehead atoms. The zero-order valence-electron chi connectivity index (χ0n) is 5.29. The lowest BCUT2D eigenvalue weighted by Crippen LogP contribution is -2.89. The number of quaternary nitrogens is 1. The highest BCUT2D eigenvalue weighted by Crippen LogP contribution is 1.92. The van der Waals surface area contributed by atoms with Crippen molar-refractivity contribution in [2.45, 2.75) is 26.0 Å².